The third-order valence-corrected chi connectivity index (χ3v) is 3.85. The normalized spacial score (nSPS) is 18.0. The zero-order valence-corrected chi connectivity index (χ0v) is 10.7. The summed E-state index contributed by atoms with van der Waals surface area (Å²) in [7, 11) is 0. The van der Waals surface area contributed by atoms with Crippen molar-refractivity contribution in [2.75, 3.05) is 6.61 Å². The molecule has 1 aromatic carbocycles. The van der Waals surface area contributed by atoms with E-state index in [2.05, 4.69) is 12.1 Å². The second kappa shape index (κ2) is 4.91. The van der Waals surface area contributed by atoms with Gasteiger partial charge in [-0.1, -0.05) is 25.0 Å². The highest BCUT2D eigenvalue weighted by Gasteiger charge is 2.39. The summed E-state index contributed by atoms with van der Waals surface area (Å²) < 4.78 is 5.43. The van der Waals surface area contributed by atoms with Crippen LogP contribution in [0, 0.1) is 0 Å². The minimum Gasteiger partial charge on any atom is -0.494 e. The first kappa shape index (κ1) is 12.2. The molecule has 0 unspecified atom stereocenters. The van der Waals surface area contributed by atoms with Gasteiger partial charge in [-0.25, -0.2) is 0 Å². The third-order valence-electron chi connectivity index (χ3n) is 3.85. The van der Waals surface area contributed by atoms with Crippen molar-refractivity contribution in [1.82, 2.24) is 0 Å². The van der Waals surface area contributed by atoms with E-state index in [1.807, 2.05) is 19.1 Å². The van der Waals surface area contributed by atoms with Crippen molar-refractivity contribution in [2.24, 2.45) is 0 Å². The fraction of sp³-hybridized carbons (Fsp3) is 0.533. The molecule has 2 heteroatoms. The van der Waals surface area contributed by atoms with Gasteiger partial charge >= 0.3 is 0 Å². The highest BCUT2D eigenvalue weighted by Crippen LogP contribution is 2.42. The third kappa shape index (κ3) is 2.21. The summed E-state index contributed by atoms with van der Waals surface area (Å²) in [6.07, 6.45) is 4.31. The smallest absolute Gasteiger partial charge is 0.140 e. The van der Waals surface area contributed by atoms with Gasteiger partial charge in [-0.2, -0.15) is 0 Å². The Bertz CT molecular complexity index is 386. The topological polar surface area (TPSA) is 26.3 Å². The molecule has 1 saturated carbocycles. The molecule has 1 aliphatic carbocycles. The van der Waals surface area contributed by atoms with E-state index in [-0.39, 0.29) is 5.41 Å². The standard InChI is InChI=1S/C15H20O2/c1-3-17-14-8-6-13(7-9-14)15(12(2)16)10-4-5-11-15/h6-9H,3-5,10-11H2,1-2H3. The zero-order valence-electron chi connectivity index (χ0n) is 10.7. The van der Waals surface area contributed by atoms with Crippen LogP contribution >= 0.6 is 0 Å². The van der Waals surface area contributed by atoms with E-state index in [1.54, 1.807) is 6.92 Å². The lowest BCUT2D eigenvalue weighted by atomic mass is 9.76. The van der Waals surface area contributed by atoms with Crippen LogP contribution in [-0.4, -0.2) is 12.4 Å². The molecule has 0 amide bonds. The van der Waals surface area contributed by atoms with Gasteiger partial charge in [0.15, 0.2) is 0 Å². The number of hydrogen-bond acceptors (Lipinski definition) is 2. The molecule has 0 saturated heterocycles. The molecule has 0 spiro atoms. The fourth-order valence-corrected chi connectivity index (χ4v) is 2.86. The molecular weight excluding hydrogens is 212 g/mol. The Balaban J connectivity index is 2.28. The van der Waals surface area contributed by atoms with Crippen LogP contribution in [0.2, 0.25) is 0 Å². The Hall–Kier alpha value is -1.31. The van der Waals surface area contributed by atoms with Crippen molar-refractivity contribution in [3.05, 3.63) is 29.8 Å². The van der Waals surface area contributed by atoms with Crippen LogP contribution in [0.1, 0.15) is 45.1 Å². The Morgan fingerprint density at radius 2 is 1.82 bits per heavy atom. The molecule has 1 fully saturated rings. The lowest BCUT2D eigenvalue weighted by Gasteiger charge is -2.26. The van der Waals surface area contributed by atoms with Gasteiger partial charge in [-0.15, -0.1) is 0 Å². The molecule has 0 heterocycles. The SMILES string of the molecule is CCOc1ccc(C2(C(C)=O)CCCC2)cc1. The van der Waals surface area contributed by atoms with Crippen molar-refractivity contribution in [1.29, 1.82) is 0 Å². The highest BCUT2D eigenvalue weighted by molar-refractivity contribution is 5.88. The van der Waals surface area contributed by atoms with Crippen molar-refractivity contribution in [3.8, 4) is 5.75 Å². The maximum absolute atomic E-state index is 11.9. The predicted octanol–water partition coefficient (Wildman–Crippen LogP) is 3.49. The van der Waals surface area contributed by atoms with Gasteiger partial charge in [0.1, 0.15) is 11.5 Å². The molecule has 0 aromatic heterocycles. The van der Waals surface area contributed by atoms with Crippen LogP contribution < -0.4 is 4.74 Å². The van der Waals surface area contributed by atoms with E-state index in [0.29, 0.717) is 12.4 Å². The minimum absolute atomic E-state index is 0.218. The number of rotatable bonds is 4. The number of ether oxygens (including phenoxy) is 1. The molecule has 17 heavy (non-hydrogen) atoms. The number of ketones is 1. The summed E-state index contributed by atoms with van der Waals surface area (Å²) in [4.78, 5) is 11.9. The van der Waals surface area contributed by atoms with E-state index < -0.39 is 0 Å². The van der Waals surface area contributed by atoms with Crippen LogP contribution in [0.4, 0.5) is 0 Å². The van der Waals surface area contributed by atoms with Gasteiger partial charge in [-0.3, -0.25) is 4.79 Å². The maximum Gasteiger partial charge on any atom is 0.140 e. The second-order valence-corrected chi connectivity index (χ2v) is 4.80. The van der Waals surface area contributed by atoms with Crippen LogP contribution in [0.5, 0.6) is 5.75 Å². The lowest BCUT2D eigenvalue weighted by Crippen LogP contribution is -2.30. The molecule has 92 valence electrons. The van der Waals surface area contributed by atoms with Crippen molar-refractivity contribution < 1.29 is 9.53 Å². The molecule has 0 atom stereocenters. The highest BCUT2D eigenvalue weighted by atomic mass is 16.5. The summed E-state index contributed by atoms with van der Waals surface area (Å²) in [5, 5.41) is 0. The summed E-state index contributed by atoms with van der Waals surface area (Å²) in [5.41, 5.74) is 0.941. The fourth-order valence-electron chi connectivity index (χ4n) is 2.86. The van der Waals surface area contributed by atoms with Gasteiger partial charge in [0.25, 0.3) is 0 Å². The average Bonchev–Trinajstić information content (AvgIpc) is 2.81. The van der Waals surface area contributed by atoms with E-state index >= 15 is 0 Å². The van der Waals surface area contributed by atoms with E-state index in [4.69, 9.17) is 4.74 Å². The number of carbonyl (C=O) groups excluding carboxylic acids is 1. The van der Waals surface area contributed by atoms with Gasteiger partial charge in [0, 0.05) is 0 Å². The van der Waals surface area contributed by atoms with Gasteiger partial charge < -0.3 is 4.74 Å². The Kier molecular flexibility index (Phi) is 3.51. The summed E-state index contributed by atoms with van der Waals surface area (Å²) in [5.74, 6) is 1.19. The molecule has 0 bridgehead atoms. The Morgan fingerprint density at radius 1 is 1.24 bits per heavy atom. The molecule has 1 aliphatic rings. The average molecular weight is 232 g/mol. The maximum atomic E-state index is 11.9. The van der Waals surface area contributed by atoms with Crippen LogP contribution in [0.15, 0.2) is 24.3 Å². The molecule has 0 radical (unpaired) electrons. The summed E-state index contributed by atoms with van der Waals surface area (Å²) in [6.45, 7) is 4.38. The molecule has 2 nitrogen and oxygen atoms in total. The first-order valence-electron chi connectivity index (χ1n) is 6.43. The van der Waals surface area contributed by atoms with Crippen molar-refractivity contribution in [3.63, 3.8) is 0 Å². The van der Waals surface area contributed by atoms with Crippen LogP contribution in [-0.2, 0) is 10.2 Å². The number of benzene rings is 1. The lowest BCUT2D eigenvalue weighted by molar-refractivity contribution is -0.122. The summed E-state index contributed by atoms with van der Waals surface area (Å²) >= 11 is 0. The summed E-state index contributed by atoms with van der Waals surface area (Å²) in [6, 6.07) is 8.05. The molecule has 0 N–H and O–H groups in total. The van der Waals surface area contributed by atoms with E-state index in [9.17, 15) is 4.79 Å². The van der Waals surface area contributed by atoms with Gasteiger partial charge in [-0.05, 0) is 44.4 Å². The molecule has 2 rings (SSSR count). The zero-order chi connectivity index (χ0) is 12.3. The Labute approximate surface area is 103 Å². The second-order valence-electron chi connectivity index (χ2n) is 4.80. The number of hydrogen-bond donors (Lipinski definition) is 0. The van der Waals surface area contributed by atoms with Crippen LogP contribution in [0.3, 0.4) is 0 Å². The molecule has 1 aromatic rings. The van der Waals surface area contributed by atoms with Gasteiger partial charge in [0.05, 0.1) is 12.0 Å². The Morgan fingerprint density at radius 3 is 2.29 bits per heavy atom. The predicted molar refractivity (Wildman–Crippen MR) is 68.4 cm³/mol. The number of carbonyl (C=O) groups is 1. The molecular formula is C15H20O2. The van der Waals surface area contributed by atoms with Crippen LogP contribution in [0.25, 0.3) is 0 Å². The molecule has 0 aliphatic heterocycles. The number of Topliss-reactive ketones (excluding diaryl/α,β-unsaturated/α-hetero) is 1. The monoisotopic (exact) mass is 232 g/mol. The van der Waals surface area contributed by atoms with Gasteiger partial charge in [0.2, 0.25) is 0 Å². The quantitative estimate of drug-likeness (QED) is 0.794. The first-order chi connectivity index (χ1) is 8.19. The van der Waals surface area contributed by atoms with Crippen molar-refractivity contribution in [2.45, 2.75) is 44.9 Å². The minimum atomic E-state index is -0.218. The van der Waals surface area contributed by atoms with Crippen molar-refractivity contribution >= 4 is 5.78 Å². The van der Waals surface area contributed by atoms with E-state index in [0.717, 1.165) is 37.0 Å². The van der Waals surface area contributed by atoms with E-state index in [1.165, 1.54) is 0 Å². The largest absolute Gasteiger partial charge is 0.494 e. The first-order valence-corrected chi connectivity index (χ1v) is 6.43.